The number of nitrogens with zero attached hydrogens (tertiary/aromatic N) is 4. The molecule has 148 valence electrons. The van der Waals surface area contributed by atoms with E-state index in [-0.39, 0.29) is 0 Å². The third-order valence-corrected chi connectivity index (χ3v) is 7.66. The largest absolute Gasteiger partial charge is 0.478 e. The Bertz CT molecular complexity index is 796. The minimum atomic E-state index is -2.28. The van der Waals surface area contributed by atoms with Crippen molar-refractivity contribution in [2.75, 3.05) is 42.0 Å². The normalized spacial score (nSPS) is 11.9. The van der Waals surface area contributed by atoms with E-state index in [9.17, 15) is 0 Å². The first-order valence-electron chi connectivity index (χ1n) is 8.87. The molecule has 2 rings (SSSR count). The molecule has 7 heteroatoms. The molecule has 2 aromatic rings. The Morgan fingerprint density at radius 2 is 1.33 bits per heavy atom. The van der Waals surface area contributed by atoms with Gasteiger partial charge >= 0.3 is 0 Å². The molecule has 0 fully saturated rings. The SMILES string of the molecule is Cc1cccc(OCN(C)P(=NOc2cccc(C)c2)(N(C)C)N(C)C)c1. The maximum absolute atomic E-state index is 6.01. The van der Waals surface area contributed by atoms with Gasteiger partial charge in [0.05, 0.1) is 0 Å². The highest BCUT2D eigenvalue weighted by molar-refractivity contribution is 7.58. The van der Waals surface area contributed by atoms with Gasteiger partial charge in [0.15, 0.2) is 5.75 Å². The number of benzene rings is 2. The van der Waals surface area contributed by atoms with Crippen LogP contribution in [-0.4, -0.2) is 56.0 Å². The fourth-order valence-electron chi connectivity index (χ4n) is 2.90. The number of aryl methyl sites for hydroxylation is 2. The lowest BCUT2D eigenvalue weighted by Crippen LogP contribution is -2.35. The van der Waals surface area contributed by atoms with Crippen molar-refractivity contribution < 1.29 is 9.57 Å². The molecule has 0 N–H and O–H groups in total. The zero-order chi connectivity index (χ0) is 20.0. The molecule has 0 bridgehead atoms. The lowest BCUT2D eigenvalue weighted by atomic mass is 10.2. The second kappa shape index (κ2) is 9.38. The third-order valence-electron chi connectivity index (χ3n) is 4.18. The van der Waals surface area contributed by atoms with Gasteiger partial charge in [0.1, 0.15) is 12.5 Å². The van der Waals surface area contributed by atoms with Gasteiger partial charge in [-0.2, -0.15) is 0 Å². The van der Waals surface area contributed by atoms with Gasteiger partial charge in [0.2, 0.25) is 7.51 Å². The van der Waals surface area contributed by atoms with Crippen LogP contribution in [0, 0.1) is 13.8 Å². The Morgan fingerprint density at radius 3 is 1.85 bits per heavy atom. The van der Waals surface area contributed by atoms with E-state index in [0.717, 1.165) is 17.1 Å². The molecule has 0 amide bonds. The van der Waals surface area contributed by atoms with Crippen molar-refractivity contribution in [2.24, 2.45) is 4.91 Å². The van der Waals surface area contributed by atoms with Gasteiger partial charge in [0, 0.05) is 0 Å². The molecule has 0 saturated heterocycles. The van der Waals surface area contributed by atoms with Crippen molar-refractivity contribution in [1.29, 1.82) is 0 Å². The van der Waals surface area contributed by atoms with E-state index in [2.05, 4.69) is 27.0 Å². The second-order valence-electron chi connectivity index (χ2n) is 6.97. The number of hydrogen-bond acceptors (Lipinski definition) is 3. The Hall–Kier alpha value is -1.85. The lowest BCUT2D eigenvalue weighted by molar-refractivity contribution is 0.207. The van der Waals surface area contributed by atoms with Crippen LogP contribution < -0.4 is 9.57 Å². The average molecular weight is 390 g/mol. The van der Waals surface area contributed by atoms with Gasteiger partial charge in [-0.15, -0.1) is 0 Å². The van der Waals surface area contributed by atoms with Crippen LogP contribution in [-0.2, 0) is 0 Å². The van der Waals surface area contributed by atoms with Gasteiger partial charge < -0.3 is 9.57 Å². The minimum Gasteiger partial charge on any atom is -0.478 e. The van der Waals surface area contributed by atoms with E-state index >= 15 is 0 Å². The van der Waals surface area contributed by atoms with Crippen molar-refractivity contribution in [1.82, 2.24) is 14.0 Å². The molecule has 0 heterocycles. The molecule has 0 radical (unpaired) electrons. The van der Waals surface area contributed by atoms with Crippen LogP contribution in [0.1, 0.15) is 11.1 Å². The maximum Gasteiger partial charge on any atom is 0.213 e. The van der Waals surface area contributed by atoms with Crippen LogP contribution in [0.2, 0.25) is 0 Å². The Kier molecular flexibility index (Phi) is 7.45. The van der Waals surface area contributed by atoms with Crippen molar-refractivity contribution in [2.45, 2.75) is 13.8 Å². The first kappa shape index (κ1) is 21.5. The van der Waals surface area contributed by atoms with Crippen LogP contribution in [0.25, 0.3) is 0 Å². The summed E-state index contributed by atoms with van der Waals surface area (Å²) >= 11 is 0. The molecule has 0 atom stereocenters. The van der Waals surface area contributed by atoms with Crippen LogP contribution in [0.4, 0.5) is 0 Å². The van der Waals surface area contributed by atoms with E-state index in [1.165, 1.54) is 5.56 Å². The summed E-state index contributed by atoms with van der Waals surface area (Å²) in [5.74, 6) is 1.58. The van der Waals surface area contributed by atoms with Gasteiger partial charge in [-0.25, -0.2) is 14.0 Å². The predicted molar refractivity (Wildman–Crippen MR) is 113 cm³/mol. The summed E-state index contributed by atoms with van der Waals surface area (Å²) in [7, 11) is 7.78. The summed E-state index contributed by atoms with van der Waals surface area (Å²) < 4.78 is 12.3. The fraction of sp³-hybridized carbons (Fsp3) is 0.400. The standard InChI is InChI=1S/C20H31N4O2P/c1-17-10-8-12-19(14-17)25-16-24(7)27(22(3)4,23(5)6)21-26-20-13-9-11-18(2)15-20/h8-15H,16H2,1-7H3. The molecule has 0 aliphatic carbocycles. The van der Waals surface area contributed by atoms with Crippen LogP contribution >= 0.6 is 7.51 Å². The topological polar surface area (TPSA) is 40.5 Å². The Morgan fingerprint density at radius 1 is 0.815 bits per heavy atom. The van der Waals surface area contributed by atoms with Gasteiger partial charge in [-0.1, -0.05) is 29.2 Å². The molecule has 0 aliphatic rings. The van der Waals surface area contributed by atoms with Crippen LogP contribution in [0.15, 0.2) is 53.4 Å². The number of ether oxygens (including phenoxy) is 1. The van der Waals surface area contributed by atoms with Crippen LogP contribution in [0.3, 0.4) is 0 Å². The summed E-state index contributed by atoms with van der Waals surface area (Å²) in [5, 5.41) is 0. The smallest absolute Gasteiger partial charge is 0.213 e. The zero-order valence-corrected chi connectivity index (χ0v) is 18.3. The van der Waals surface area contributed by atoms with Crippen molar-refractivity contribution in [3.05, 3.63) is 59.7 Å². The Labute approximate surface area is 163 Å². The summed E-state index contributed by atoms with van der Waals surface area (Å²) in [4.78, 5) is 10.6. The summed E-state index contributed by atoms with van der Waals surface area (Å²) in [6.45, 7) is 4.49. The molecule has 0 aromatic heterocycles. The molecule has 27 heavy (non-hydrogen) atoms. The first-order valence-corrected chi connectivity index (χ1v) is 10.5. The summed E-state index contributed by atoms with van der Waals surface area (Å²) in [5.41, 5.74) is 2.31. The fourth-order valence-corrected chi connectivity index (χ4v) is 5.67. The monoisotopic (exact) mass is 390 g/mol. The quantitative estimate of drug-likeness (QED) is 0.373. The van der Waals surface area contributed by atoms with Crippen LogP contribution in [0.5, 0.6) is 11.5 Å². The molecular weight excluding hydrogens is 359 g/mol. The molecule has 2 aromatic carbocycles. The average Bonchev–Trinajstić information content (AvgIpc) is 2.60. The highest BCUT2D eigenvalue weighted by atomic mass is 31.2. The van der Waals surface area contributed by atoms with Crippen molar-refractivity contribution >= 4 is 7.51 Å². The molecule has 6 nitrogen and oxygen atoms in total. The predicted octanol–water partition coefficient (Wildman–Crippen LogP) is 4.63. The van der Waals surface area contributed by atoms with E-state index in [0.29, 0.717) is 6.73 Å². The summed E-state index contributed by atoms with van der Waals surface area (Å²) in [6.07, 6.45) is 0. The highest BCUT2D eigenvalue weighted by Gasteiger charge is 2.33. The van der Waals surface area contributed by atoms with E-state index in [1.54, 1.807) is 0 Å². The molecule has 0 aliphatic heterocycles. The lowest BCUT2D eigenvalue weighted by Gasteiger charge is -2.40. The van der Waals surface area contributed by atoms with Gasteiger partial charge in [0.25, 0.3) is 0 Å². The van der Waals surface area contributed by atoms with Gasteiger partial charge in [-0.05, 0) is 84.5 Å². The highest BCUT2D eigenvalue weighted by Crippen LogP contribution is 2.55. The summed E-state index contributed by atoms with van der Waals surface area (Å²) in [6, 6.07) is 15.9. The molecule has 0 saturated carbocycles. The molecule has 0 unspecified atom stereocenters. The van der Waals surface area contributed by atoms with Gasteiger partial charge in [-0.3, -0.25) is 0 Å². The van der Waals surface area contributed by atoms with E-state index < -0.39 is 7.51 Å². The zero-order valence-electron chi connectivity index (χ0n) is 17.4. The third kappa shape index (κ3) is 5.33. The molecular formula is C20H31N4O2P. The van der Waals surface area contributed by atoms with E-state index in [4.69, 9.17) is 14.5 Å². The number of rotatable bonds is 8. The van der Waals surface area contributed by atoms with Crippen molar-refractivity contribution in [3.63, 3.8) is 0 Å². The van der Waals surface area contributed by atoms with Crippen molar-refractivity contribution in [3.8, 4) is 11.5 Å². The Balaban J connectivity index is 2.27. The van der Waals surface area contributed by atoms with E-state index in [1.807, 2.05) is 84.6 Å². The molecule has 0 spiro atoms. The second-order valence-corrected chi connectivity index (χ2v) is 10.5. The minimum absolute atomic E-state index is 0.397. The number of hydrogen-bond donors (Lipinski definition) is 0. The first-order chi connectivity index (χ1) is 12.8. The maximum atomic E-state index is 6.01.